The lowest BCUT2D eigenvalue weighted by molar-refractivity contribution is -0.672. The van der Waals surface area contributed by atoms with Crippen molar-refractivity contribution >= 4 is 16.0 Å². The highest BCUT2D eigenvalue weighted by Crippen LogP contribution is 2.22. The van der Waals surface area contributed by atoms with Gasteiger partial charge in [-0.2, -0.15) is 8.42 Å². The second-order valence-electron chi connectivity index (χ2n) is 7.14. The van der Waals surface area contributed by atoms with Crippen LogP contribution in [0.25, 0.3) is 0 Å². The van der Waals surface area contributed by atoms with Crippen LogP contribution in [-0.4, -0.2) is 37.2 Å². The molecule has 30 heavy (non-hydrogen) atoms. The number of quaternary nitrogens is 1. The molecular formula is C19H24FN4O5S+. The van der Waals surface area contributed by atoms with E-state index in [1.54, 1.807) is 0 Å². The molecule has 1 aliphatic rings. The molecule has 2 aromatic rings. The summed E-state index contributed by atoms with van der Waals surface area (Å²) in [5.74, 6) is -1.36. The van der Waals surface area contributed by atoms with Crippen LogP contribution in [0.2, 0.25) is 0 Å². The number of fused-ring (bicyclic) bond motifs is 1. The highest BCUT2D eigenvalue weighted by atomic mass is 32.2. The number of nitrogens with zero attached hydrogens (tertiary/aromatic N) is 2. The zero-order chi connectivity index (χ0) is 21.9. The Bertz CT molecular complexity index is 1100. The average molecular weight is 439 g/mol. The summed E-state index contributed by atoms with van der Waals surface area (Å²) in [7, 11) is -2.22. The maximum absolute atomic E-state index is 13.1. The number of benzene rings is 1. The quantitative estimate of drug-likeness (QED) is 0.614. The molecule has 3 rings (SSSR count). The van der Waals surface area contributed by atoms with Crippen molar-refractivity contribution in [2.45, 2.75) is 38.4 Å². The van der Waals surface area contributed by atoms with Crippen molar-refractivity contribution in [1.82, 2.24) is 14.9 Å². The molecule has 9 nitrogen and oxygen atoms in total. The number of halogens is 1. The van der Waals surface area contributed by atoms with Gasteiger partial charge in [0.1, 0.15) is 11.9 Å². The Labute approximate surface area is 173 Å². The number of carbonyl (C=O) groups is 1. The fourth-order valence-corrected chi connectivity index (χ4v) is 3.83. The lowest BCUT2D eigenvalue weighted by Gasteiger charge is -2.17. The van der Waals surface area contributed by atoms with Gasteiger partial charge in [0.15, 0.2) is 11.5 Å². The summed E-state index contributed by atoms with van der Waals surface area (Å²) in [4.78, 5) is 30.2. The molecule has 0 saturated carbocycles. The topological polar surface area (TPSA) is 124 Å². The first-order valence-electron chi connectivity index (χ1n) is 9.56. The number of carbonyl (C=O) groups excluding carboxylic acids is 1. The summed E-state index contributed by atoms with van der Waals surface area (Å²) >= 11 is 0. The molecule has 162 valence electrons. The number of amides is 1. The predicted octanol–water partition coefficient (Wildman–Crippen LogP) is 0.0690. The number of nitrogens with two attached hydrogens (primary N) is 1. The van der Waals surface area contributed by atoms with Gasteiger partial charge in [-0.1, -0.05) is 12.1 Å². The molecule has 2 heterocycles. The lowest BCUT2D eigenvalue weighted by Crippen LogP contribution is -2.81. The molecule has 1 unspecified atom stereocenters. The summed E-state index contributed by atoms with van der Waals surface area (Å²) in [6.07, 6.45) is 3.16. The van der Waals surface area contributed by atoms with Crippen LogP contribution in [0.4, 0.5) is 4.39 Å². The zero-order valence-electron chi connectivity index (χ0n) is 16.7. The first-order chi connectivity index (χ1) is 14.2. The van der Waals surface area contributed by atoms with Crippen molar-refractivity contribution in [1.29, 1.82) is 0 Å². The van der Waals surface area contributed by atoms with E-state index in [0.29, 0.717) is 17.9 Å². The van der Waals surface area contributed by atoms with Gasteiger partial charge in [-0.3, -0.25) is 14.2 Å². The van der Waals surface area contributed by atoms with E-state index < -0.39 is 33.2 Å². The van der Waals surface area contributed by atoms with Crippen LogP contribution in [0.15, 0.2) is 29.1 Å². The smallest absolute Gasteiger partial charge is 0.306 e. The van der Waals surface area contributed by atoms with Crippen LogP contribution >= 0.6 is 0 Å². The maximum Gasteiger partial charge on any atom is 0.306 e. The Balaban J connectivity index is 2.02. The number of rotatable bonds is 6. The molecule has 1 aromatic heterocycles. The SMILES string of the molecule is C[NH2+]C1CCCCn2c1nc(C(=O)NCc1ccc(F)cc1)c(OS(C)(=O)=O)c2=O. The Kier molecular flexibility index (Phi) is 6.52. The molecule has 0 aliphatic carbocycles. The summed E-state index contributed by atoms with van der Waals surface area (Å²) < 4.78 is 42.8. The molecule has 11 heteroatoms. The monoisotopic (exact) mass is 439 g/mol. The van der Waals surface area contributed by atoms with Crippen LogP contribution in [0, 0.1) is 5.82 Å². The summed E-state index contributed by atoms with van der Waals surface area (Å²) in [6.45, 7) is 0.407. The molecule has 0 bridgehead atoms. The van der Waals surface area contributed by atoms with Gasteiger partial charge in [0, 0.05) is 19.5 Å². The van der Waals surface area contributed by atoms with Crippen molar-refractivity contribution in [2.75, 3.05) is 13.3 Å². The Morgan fingerprint density at radius 3 is 2.67 bits per heavy atom. The van der Waals surface area contributed by atoms with E-state index in [1.165, 1.54) is 28.8 Å². The van der Waals surface area contributed by atoms with Crippen LogP contribution in [0.5, 0.6) is 5.75 Å². The van der Waals surface area contributed by atoms with Gasteiger partial charge in [0.2, 0.25) is 5.75 Å². The standard InChI is InChI=1S/C19H23FN4O5S/c1-21-14-5-3-4-10-24-17(14)23-15(16(19(24)26)29-30(2,27)28)18(25)22-11-12-6-8-13(20)9-7-12/h6-9,14,21H,3-5,10-11H2,1-2H3,(H,22,25)/p+1. The van der Waals surface area contributed by atoms with Crippen molar-refractivity contribution in [2.24, 2.45) is 0 Å². The van der Waals surface area contributed by atoms with E-state index in [1.807, 2.05) is 12.4 Å². The second kappa shape index (κ2) is 8.92. The van der Waals surface area contributed by atoms with Gasteiger partial charge in [0.05, 0.1) is 13.3 Å². The van der Waals surface area contributed by atoms with Gasteiger partial charge >= 0.3 is 10.1 Å². The first kappa shape index (κ1) is 21.9. The average Bonchev–Trinajstić information content (AvgIpc) is 2.90. The molecule has 1 amide bonds. The Morgan fingerprint density at radius 2 is 2.03 bits per heavy atom. The minimum atomic E-state index is -4.07. The van der Waals surface area contributed by atoms with E-state index in [4.69, 9.17) is 4.18 Å². The van der Waals surface area contributed by atoms with E-state index in [2.05, 4.69) is 10.3 Å². The Hall–Kier alpha value is -2.79. The van der Waals surface area contributed by atoms with Gasteiger partial charge in [0.25, 0.3) is 11.5 Å². The zero-order valence-corrected chi connectivity index (χ0v) is 17.5. The van der Waals surface area contributed by atoms with Crippen LogP contribution in [0.1, 0.15) is 47.2 Å². The number of aromatic nitrogens is 2. The fourth-order valence-electron chi connectivity index (χ4n) is 3.38. The minimum Gasteiger partial charge on any atom is -0.374 e. The van der Waals surface area contributed by atoms with E-state index in [-0.39, 0.29) is 18.3 Å². The molecule has 0 fully saturated rings. The van der Waals surface area contributed by atoms with E-state index in [0.717, 1.165) is 25.5 Å². The summed E-state index contributed by atoms with van der Waals surface area (Å²) in [5.41, 5.74) is -0.458. The van der Waals surface area contributed by atoms with Crippen LogP contribution in [-0.2, 0) is 23.2 Å². The third kappa shape index (κ3) is 5.03. The molecule has 1 aromatic carbocycles. The van der Waals surface area contributed by atoms with Crippen molar-refractivity contribution in [3.63, 3.8) is 0 Å². The van der Waals surface area contributed by atoms with Gasteiger partial charge in [-0.05, 0) is 30.5 Å². The van der Waals surface area contributed by atoms with Gasteiger partial charge < -0.3 is 14.8 Å². The third-order valence-corrected chi connectivity index (χ3v) is 5.32. The fraction of sp³-hybridized carbons (Fsp3) is 0.421. The van der Waals surface area contributed by atoms with Crippen LogP contribution < -0.4 is 20.4 Å². The summed E-state index contributed by atoms with van der Waals surface area (Å²) in [5, 5.41) is 4.49. The lowest BCUT2D eigenvalue weighted by atomic mass is 10.1. The Morgan fingerprint density at radius 1 is 1.33 bits per heavy atom. The highest BCUT2D eigenvalue weighted by Gasteiger charge is 2.30. The number of nitrogens with one attached hydrogen (secondary N) is 1. The van der Waals surface area contributed by atoms with Crippen molar-refractivity contribution < 1.29 is 27.1 Å². The highest BCUT2D eigenvalue weighted by molar-refractivity contribution is 7.86. The molecule has 0 spiro atoms. The van der Waals surface area contributed by atoms with Crippen LogP contribution in [0.3, 0.4) is 0 Å². The minimum absolute atomic E-state index is 0.0425. The predicted molar refractivity (Wildman–Crippen MR) is 106 cm³/mol. The number of hydrogen-bond acceptors (Lipinski definition) is 6. The van der Waals surface area contributed by atoms with E-state index >= 15 is 0 Å². The number of hydrogen-bond donors (Lipinski definition) is 2. The molecular weight excluding hydrogens is 415 g/mol. The maximum atomic E-state index is 13.1. The molecule has 0 radical (unpaired) electrons. The van der Waals surface area contributed by atoms with Gasteiger partial charge in [-0.15, -0.1) is 0 Å². The second-order valence-corrected chi connectivity index (χ2v) is 8.71. The van der Waals surface area contributed by atoms with Crippen molar-refractivity contribution in [3.8, 4) is 5.75 Å². The summed E-state index contributed by atoms with van der Waals surface area (Å²) in [6, 6.07) is 5.38. The van der Waals surface area contributed by atoms with E-state index in [9.17, 15) is 22.4 Å². The largest absolute Gasteiger partial charge is 0.374 e. The first-order valence-corrected chi connectivity index (χ1v) is 11.4. The van der Waals surface area contributed by atoms with Crippen molar-refractivity contribution in [3.05, 3.63) is 57.5 Å². The normalized spacial score (nSPS) is 16.4. The molecule has 1 atom stereocenters. The third-order valence-electron chi connectivity index (χ3n) is 4.85. The van der Waals surface area contributed by atoms with Gasteiger partial charge in [-0.25, -0.2) is 9.37 Å². The molecule has 3 N–H and O–H groups in total. The molecule has 1 aliphatic heterocycles. The molecule has 0 saturated heterocycles.